The molecule has 2 aliphatic rings. The fraction of sp³-hybridized carbons (Fsp3) is 0.556. The van der Waals surface area contributed by atoms with Crippen molar-refractivity contribution < 1.29 is 14.7 Å². The van der Waals surface area contributed by atoms with Crippen LogP contribution in [0.1, 0.15) is 50.8 Å². The highest BCUT2D eigenvalue weighted by Crippen LogP contribution is 2.34. The molecule has 2 atom stereocenters. The quantitative estimate of drug-likeness (QED) is 0.872. The second-order valence-corrected chi connectivity index (χ2v) is 7.65. The molecular formula is C18H25N3O3. The highest BCUT2D eigenvalue weighted by molar-refractivity contribution is 6.01. The van der Waals surface area contributed by atoms with Gasteiger partial charge in [0.05, 0.1) is 0 Å². The maximum atomic E-state index is 12.9. The van der Waals surface area contributed by atoms with E-state index in [2.05, 4.69) is 0 Å². The van der Waals surface area contributed by atoms with Crippen molar-refractivity contribution in [2.24, 2.45) is 5.73 Å². The van der Waals surface area contributed by atoms with Crippen molar-refractivity contribution in [3.8, 4) is 0 Å². The zero-order chi connectivity index (χ0) is 17.6. The maximum Gasteiger partial charge on any atom is 0.408 e. The van der Waals surface area contributed by atoms with E-state index in [-0.39, 0.29) is 11.9 Å². The number of benzene rings is 1. The molecule has 2 amide bonds. The first kappa shape index (κ1) is 16.8. The summed E-state index contributed by atoms with van der Waals surface area (Å²) in [6.07, 6.45) is 1.33. The lowest BCUT2D eigenvalue weighted by Gasteiger charge is -2.36. The third-order valence-electron chi connectivity index (χ3n) is 4.98. The van der Waals surface area contributed by atoms with E-state index < -0.39 is 17.7 Å². The Bertz CT molecular complexity index is 681. The molecule has 0 spiro atoms. The molecule has 6 heteroatoms. The Balaban J connectivity index is 1.85. The van der Waals surface area contributed by atoms with Crippen LogP contribution in [0.5, 0.6) is 0 Å². The van der Waals surface area contributed by atoms with E-state index >= 15 is 0 Å². The molecule has 24 heavy (non-hydrogen) atoms. The van der Waals surface area contributed by atoms with Gasteiger partial charge in [0, 0.05) is 23.8 Å². The molecule has 3 rings (SSSR count). The summed E-state index contributed by atoms with van der Waals surface area (Å²) in [5.41, 5.74) is 8.64. The number of rotatable bonds is 2. The van der Waals surface area contributed by atoms with Gasteiger partial charge >= 0.3 is 6.09 Å². The lowest BCUT2D eigenvalue weighted by atomic mass is 10.0. The zero-order valence-corrected chi connectivity index (χ0v) is 14.5. The molecule has 1 saturated heterocycles. The van der Waals surface area contributed by atoms with Gasteiger partial charge in [-0.3, -0.25) is 9.69 Å². The van der Waals surface area contributed by atoms with Crippen molar-refractivity contribution in [1.82, 2.24) is 4.90 Å². The molecule has 0 saturated carbocycles. The van der Waals surface area contributed by atoms with Crippen LogP contribution in [0.15, 0.2) is 18.2 Å². The Morgan fingerprint density at radius 3 is 2.67 bits per heavy atom. The van der Waals surface area contributed by atoms with Gasteiger partial charge in [0.25, 0.3) is 0 Å². The van der Waals surface area contributed by atoms with Gasteiger partial charge in [-0.05, 0) is 63.3 Å². The number of hydrogen-bond acceptors (Lipinski definition) is 3. The van der Waals surface area contributed by atoms with E-state index in [1.54, 1.807) is 4.90 Å². The third-order valence-corrected chi connectivity index (χ3v) is 4.98. The van der Waals surface area contributed by atoms with E-state index in [4.69, 9.17) is 5.73 Å². The summed E-state index contributed by atoms with van der Waals surface area (Å²) in [5, 5.41) is 9.54. The summed E-state index contributed by atoms with van der Waals surface area (Å²) in [7, 11) is 0. The molecule has 0 aromatic heterocycles. The first-order chi connectivity index (χ1) is 11.2. The topological polar surface area (TPSA) is 86.9 Å². The molecule has 3 N–H and O–H groups in total. The van der Waals surface area contributed by atoms with Gasteiger partial charge in [-0.25, -0.2) is 4.79 Å². The van der Waals surface area contributed by atoms with Crippen LogP contribution >= 0.6 is 0 Å². The molecular weight excluding hydrogens is 306 g/mol. The van der Waals surface area contributed by atoms with Crippen molar-refractivity contribution in [2.75, 3.05) is 11.4 Å². The number of hydrogen-bond donors (Lipinski definition) is 2. The molecule has 0 bridgehead atoms. The number of nitrogens with two attached hydrogens (primary N) is 1. The summed E-state index contributed by atoms with van der Waals surface area (Å²) in [6, 6.07) is 5.41. The summed E-state index contributed by atoms with van der Waals surface area (Å²) < 4.78 is 0. The van der Waals surface area contributed by atoms with Crippen molar-refractivity contribution in [3.63, 3.8) is 0 Å². The fourth-order valence-electron chi connectivity index (χ4n) is 3.85. The number of carbonyl (C=O) groups excluding carboxylic acids is 1. The lowest BCUT2D eigenvalue weighted by Crippen LogP contribution is -2.54. The number of aryl methyl sites for hydroxylation is 1. The van der Waals surface area contributed by atoms with E-state index in [1.807, 2.05) is 39.0 Å². The second-order valence-electron chi connectivity index (χ2n) is 7.65. The number of nitrogens with zero attached hydrogens (tertiary/aromatic N) is 2. The third kappa shape index (κ3) is 2.75. The van der Waals surface area contributed by atoms with Crippen LogP contribution in [-0.2, 0) is 11.2 Å². The standard InChI is InChI=1S/C18H25N3O3/c1-18(2,3)21(17(23)24)15-8-9-20(16(15)22)12-5-6-13-11(10-12)4-7-14(13)19/h5-6,10,14-15H,4,7-9,19H2,1-3H3,(H,23,24)/t14?,15-/m0/s1. The van der Waals surface area contributed by atoms with Gasteiger partial charge in [-0.2, -0.15) is 0 Å². The Hall–Kier alpha value is -2.08. The summed E-state index contributed by atoms with van der Waals surface area (Å²) in [4.78, 5) is 27.5. The highest BCUT2D eigenvalue weighted by Gasteiger charge is 2.43. The summed E-state index contributed by atoms with van der Waals surface area (Å²) in [5.74, 6) is -0.144. The van der Waals surface area contributed by atoms with Crippen LogP contribution in [0, 0.1) is 0 Å². The van der Waals surface area contributed by atoms with E-state index in [0.29, 0.717) is 13.0 Å². The predicted octanol–water partition coefficient (Wildman–Crippen LogP) is 2.52. The molecule has 1 aromatic rings. The van der Waals surface area contributed by atoms with Gasteiger partial charge in [-0.15, -0.1) is 0 Å². The van der Waals surface area contributed by atoms with Crippen LogP contribution in [-0.4, -0.2) is 40.1 Å². The number of carboxylic acid groups (broad SMARTS) is 1. The smallest absolute Gasteiger partial charge is 0.408 e. The molecule has 1 aliphatic heterocycles. The molecule has 1 unspecified atom stereocenters. The Morgan fingerprint density at radius 1 is 1.33 bits per heavy atom. The van der Waals surface area contributed by atoms with E-state index in [0.717, 1.165) is 24.1 Å². The second kappa shape index (κ2) is 5.77. The number of amides is 2. The Morgan fingerprint density at radius 2 is 2.04 bits per heavy atom. The Kier molecular flexibility index (Phi) is 4.03. The first-order valence-corrected chi connectivity index (χ1v) is 8.42. The number of fused-ring (bicyclic) bond motifs is 1. The number of anilines is 1. The average molecular weight is 331 g/mol. The van der Waals surface area contributed by atoms with Crippen molar-refractivity contribution in [2.45, 2.75) is 57.7 Å². The first-order valence-electron chi connectivity index (χ1n) is 8.42. The largest absolute Gasteiger partial charge is 0.465 e. The molecule has 1 heterocycles. The predicted molar refractivity (Wildman–Crippen MR) is 92.1 cm³/mol. The maximum absolute atomic E-state index is 12.9. The van der Waals surface area contributed by atoms with Crippen molar-refractivity contribution >= 4 is 17.7 Å². The van der Waals surface area contributed by atoms with Gasteiger partial charge in [-0.1, -0.05) is 6.07 Å². The van der Waals surface area contributed by atoms with Gasteiger partial charge in [0.2, 0.25) is 5.91 Å². The van der Waals surface area contributed by atoms with Crippen molar-refractivity contribution in [1.29, 1.82) is 0 Å². The monoisotopic (exact) mass is 331 g/mol. The molecule has 1 aliphatic carbocycles. The summed E-state index contributed by atoms with van der Waals surface area (Å²) in [6.45, 7) is 5.98. The van der Waals surface area contributed by atoms with Crippen LogP contribution in [0.25, 0.3) is 0 Å². The Labute approximate surface area is 142 Å². The van der Waals surface area contributed by atoms with Crippen LogP contribution < -0.4 is 10.6 Å². The van der Waals surface area contributed by atoms with Gasteiger partial charge in [0.1, 0.15) is 6.04 Å². The minimum Gasteiger partial charge on any atom is -0.465 e. The average Bonchev–Trinajstić information content (AvgIpc) is 3.02. The van der Waals surface area contributed by atoms with Gasteiger partial charge < -0.3 is 15.7 Å². The molecule has 1 aromatic carbocycles. The van der Waals surface area contributed by atoms with Gasteiger partial charge in [0.15, 0.2) is 0 Å². The SMILES string of the molecule is CC(C)(C)N(C(=O)O)[C@H]1CCN(c2ccc3c(c2)CCC3N)C1=O. The highest BCUT2D eigenvalue weighted by atomic mass is 16.4. The molecule has 6 nitrogen and oxygen atoms in total. The number of carbonyl (C=O) groups is 2. The van der Waals surface area contributed by atoms with Crippen LogP contribution in [0.2, 0.25) is 0 Å². The molecule has 130 valence electrons. The van der Waals surface area contributed by atoms with E-state index in [9.17, 15) is 14.7 Å². The fourth-order valence-corrected chi connectivity index (χ4v) is 3.85. The summed E-state index contributed by atoms with van der Waals surface area (Å²) >= 11 is 0. The van der Waals surface area contributed by atoms with E-state index in [1.165, 1.54) is 10.5 Å². The molecule has 0 radical (unpaired) electrons. The minimum absolute atomic E-state index is 0.0828. The van der Waals surface area contributed by atoms with Crippen LogP contribution in [0.4, 0.5) is 10.5 Å². The lowest BCUT2D eigenvalue weighted by molar-refractivity contribution is -0.122. The normalized spacial score (nSPS) is 23.5. The molecule has 1 fully saturated rings. The minimum atomic E-state index is -1.05. The zero-order valence-electron chi connectivity index (χ0n) is 14.5. The van der Waals surface area contributed by atoms with Crippen molar-refractivity contribution in [3.05, 3.63) is 29.3 Å². The van der Waals surface area contributed by atoms with Crippen LogP contribution in [0.3, 0.4) is 0 Å².